The second-order valence-electron chi connectivity index (χ2n) is 4.07. The van der Waals surface area contributed by atoms with Crippen molar-refractivity contribution in [3.8, 4) is 0 Å². The number of hydrogen-bond donors (Lipinski definition) is 2. The van der Waals surface area contributed by atoms with Crippen LogP contribution < -0.4 is 10.5 Å². The highest BCUT2D eigenvalue weighted by atomic mass is 35.5. The van der Waals surface area contributed by atoms with Crippen molar-refractivity contribution in [1.82, 2.24) is 4.72 Å². The molecule has 0 bridgehead atoms. The average Bonchev–Trinajstić information content (AvgIpc) is 2.45. The Morgan fingerprint density at radius 1 is 1.36 bits per heavy atom. The van der Waals surface area contributed by atoms with E-state index in [0.29, 0.717) is 0 Å². The van der Waals surface area contributed by atoms with E-state index in [0.717, 1.165) is 6.07 Å². The summed E-state index contributed by atoms with van der Waals surface area (Å²) in [6.45, 7) is -0.360. The van der Waals surface area contributed by atoms with Gasteiger partial charge in [-0.1, -0.05) is 11.6 Å². The first-order valence-electron chi connectivity index (χ1n) is 6.01. The second-order valence-corrected chi connectivity index (χ2v) is 6.25. The van der Waals surface area contributed by atoms with Gasteiger partial charge in [-0.25, -0.2) is 17.9 Å². The molecule has 0 fully saturated rings. The van der Waals surface area contributed by atoms with Crippen molar-refractivity contribution < 1.29 is 27.5 Å². The van der Waals surface area contributed by atoms with Gasteiger partial charge < -0.3 is 15.2 Å². The molecular formula is C12H15ClN2O6S. The maximum atomic E-state index is 12.0. The number of sulfonamides is 1. The van der Waals surface area contributed by atoms with E-state index in [1.807, 2.05) is 0 Å². The Hall–Kier alpha value is -1.68. The number of amides is 1. The van der Waals surface area contributed by atoms with Crippen LogP contribution in [0.2, 0.25) is 5.02 Å². The van der Waals surface area contributed by atoms with Gasteiger partial charge >= 0.3 is 5.97 Å². The largest absolute Gasteiger partial charge is 0.452 e. The highest BCUT2D eigenvalue weighted by molar-refractivity contribution is 7.89. The van der Waals surface area contributed by atoms with Crippen molar-refractivity contribution in [2.45, 2.75) is 4.90 Å². The molecule has 0 saturated carbocycles. The minimum Gasteiger partial charge on any atom is -0.452 e. The van der Waals surface area contributed by atoms with E-state index in [9.17, 15) is 18.0 Å². The number of hydrogen-bond acceptors (Lipinski definition) is 6. The lowest BCUT2D eigenvalue weighted by atomic mass is 10.2. The molecule has 0 radical (unpaired) electrons. The first-order valence-corrected chi connectivity index (χ1v) is 7.87. The topological polar surface area (TPSA) is 125 Å². The SMILES string of the molecule is COCCNS(=O)(=O)c1ccc(Cl)c(C(=O)OCC(N)=O)c1. The summed E-state index contributed by atoms with van der Waals surface area (Å²) < 4.78 is 35.7. The van der Waals surface area contributed by atoms with E-state index in [-0.39, 0.29) is 28.6 Å². The molecule has 0 atom stereocenters. The van der Waals surface area contributed by atoms with Gasteiger partial charge in [0.25, 0.3) is 5.91 Å². The molecule has 22 heavy (non-hydrogen) atoms. The molecule has 0 spiro atoms. The first kappa shape index (κ1) is 18.4. The molecule has 10 heteroatoms. The fourth-order valence-corrected chi connectivity index (χ4v) is 2.64. The van der Waals surface area contributed by atoms with Crippen molar-refractivity contribution >= 4 is 33.5 Å². The summed E-state index contributed by atoms with van der Waals surface area (Å²) in [4.78, 5) is 22.2. The summed E-state index contributed by atoms with van der Waals surface area (Å²) in [6.07, 6.45) is 0. The molecule has 0 saturated heterocycles. The van der Waals surface area contributed by atoms with Crippen LogP contribution in [0, 0.1) is 0 Å². The maximum absolute atomic E-state index is 12.0. The molecule has 0 aromatic heterocycles. The molecule has 1 amide bonds. The molecule has 1 rings (SSSR count). The lowest BCUT2D eigenvalue weighted by Crippen LogP contribution is -2.27. The van der Waals surface area contributed by atoms with Gasteiger partial charge in [0.15, 0.2) is 6.61 Å². The van der Waals surface area contributed by atoms with Crippen molar-refractivity contribution in [3.63, 3.8) is 0 Å². The number of methoxy groups -OCH3 is 1. The molecule has 0 aliphatic carbocycles. The maximum Gasteiger partial charge on any atom is 0.340 e. The van der Waals surface area contributed by atoms with Crippen LogP contribution in [0.4, 0.5) is 0 Å². The van der Waals surface area contributed by atoms with Crippen LogP contribution in [0.15, 0.2) is 23.1 Å². The number of carbonyl (C=O) groups excluding carboxylic acids is 2. The third-order valence-electron chi connectivity index (χ3n) is 2.41. The molecule has 1 aromatic rings. The van der Waals surface area contributed by atoms with Crippen LogP contribution in [-0.2, 0) is 24.3 Å². The fourth-order valence-electron chi connectivity index (χ4n) is 1.40. The van der Waals surface area contributed by atoms with E-state index in [4.69, 9.17) is 22.1 Å². The summed E-state index contributed by atoms with van der Waals surface area (Å²) in [6, 6.07) is 3.54. The Morgan fingerprint density at radius 2 is 2.05 bits per heavy atom. The zero-order chi connectivity index (χ0) is 16.8. The van der Waals surface area contributed by atoms with Crippen molar-refractivity contribution in [2.24, 2.45) is 5.73 Å². The Kier molecular flexibility index (Phi) is 6.75. The summed E-state index contributed by atoms with van der Waals surface area (Å²) >= 11 is 5.83. The van der Waals surface area contributed by atoms with Gasteiger partial charge in [-0.15, -0.1) is 0 Å². The van der Waals surface area contributed by atoms with Gasteiger partial charge in [-0.05, 0) is 18.2 Å². The van der Waals surface area contributed by atoms with Crippen LogP contribution in [0.3, 0.4) is 0 Å². The molecular weight excluding hydrogens is 336 g/mol. The first-order chi connectivity index (χ1) is 10.3. The van der Waals surface area contributed by atoms with Crippen molar-refractivity contribution in [2.75, 3.05) is 26.9 Å². The van der Waals surface area contributed by atoms with E-state index >= 15 is 0 Å². The number of nitrogens with one attached hydrogen (secondary N) is 1. The van der Waals surface area contributed by atoms with Gasteiger partial charge in [0.05, 0.1) is 22.1 Å². The summed E-state index contributed by atoms with van der Waals surface area (Å²) in [7, 11) is -2.39. The van der Waals surface area contributed by atoms with E-state index in [2.05, 4.69) is 9.46 Å². The Morgan fingerprint density at radius 3 is 2.64 bits per heavy atom. The van der Waals surface area contributed by atoms with E-state index < -0.39 is 28.5 Å². The normalized spacial score (nSPS) is 11.2. The number of halogens is 1. The van der Waals surface area contributed by atoms with Crippen molar-refractivity contribution in [3.05, 3.63) is 28.8 Å². The highest BCUT2D eigenvalue weighted by Crippen LogP contribution is 2.21. The minimum absolute atomic E-state index is 0.00897. The predicted molar refractivity (Wildman–Crippen MR) is 78.0 cm³/mol. The molecule has 0 unspecified atom stereocenters. The molecule has 122 valence electrons. The lowest BCUT2D eigenvalue weighted by molar-refractivity contribution is -0.121. The van der Waals surface area contributed by atoms with Crippen LogP contribution in [0.1, 0.15) is 10.4 Å². The fraction of sp³-hybridized carbons (Fsp3) is 0.333. The number of ether oxygens (including phenoxy) is 2. The van der Waals surface area contributed by atoms with Gasteiger partial charge in [-0.2, -0.15) is 0 Å². The quantitative estimate of drug-likeness (QED) is 0.498. The van der Waals surface area contributed by atoms with Crippen molar-refractivity contribution in [1.29, 1.82) is 0 Å². The zero-order valence-electron chi connectivity index (χ0n) is 11.7. The number of benzene rings is 1. The van der Waals surface area contributed by atoms with Gasteiger partial charge in [0.1, 0.15) is 0 Å². The van der Waals surface area contributed by atoms with Gasteiger partial charge in [-0.3, -0.25) is 4.79 Å². The molecule has 0 aliphatic rings. The highest BCUT2D eigenvalue weighted by Gasteiger charge is 2.19. The lowest BCUT2D eigenvalue weighted by Gasteiger charge is -2.09. The number of primary amides is 1. The number of carbonyl (C=O) groups is 2. The van der Waals surface area contributed by atoms with Crippen LogP contribution in [0.25, 0.3) is 0 Å². The standard InChI is InChI=1S/C12H15ClN2O6S/c1-20-5-4-15-22(18,19)8-2-3-10(13)9(6-8)12(17)21-7-11(14)16/h2-3,6,15H,4-5,7H2,1H3,(H2,14,16). The third kappa shape index (κ3) is 5.26. The Balaban J connectivity index is 2.98. The molecule has 8 nitrogen and oxygen atoms in total. The van der Waals surface area contributed by atoms with Gasteiger partial charge in [0.2, 0.25) is 10.0 Å². The number of nitrogens with two attached hydrogens (primary N) is 1. The van der Waals surface area contributed by atoms with Crippen LogP contribution in [-0.4, -0.2) is 47.2 Å². The number of esters is 1. The molecule has 1 aromatic carbocycles. The Bertz CT molecular complexity index is 662. The summed E-state index contributed by atoms with van der Waals surface area (Å²) in [5, 5.41) is -0.00897. The summed E-state index contributed by atoms with van der Waals surface area (Å²) in [5.74, 6) is -1.78. The Labute approximate surface area is 132 Å². The van der Waals surface area contributed by atoms with Gasteiger partial charge in [0, 0.05) is 13.7 Å². The van der Waals surface area contributed by atoms with E-state index in [1.54, 1.807) is 0 Å². The monoisotopic (exact) mass is 350 g/mol. The number of rotatable bonds is 8. The van der Waals surface area contributed by atoms with E-state index in [1.165, 1.54) is 19.2 Å². The molecule has 0 aliphatic heterocycles. The summed E-state index contributed by atoms with van der Waals surface area (Å²) in [5.41, 5.74) is 4.67. The molecule has 0 heterocycles. The smallest absolute Gasteiger partial charge is 0.340 e. The average molecular weight is 351 g/mol. The second kappa shape index (κ2) is 8.08. The minimum atomic E-state index is -3.82. The van der Waals surface area contributed by atoms with Crippen LogP contribution in [0.5, 0.6) is 0 Å². The van der Waals surface area contributed by atoms with Crippen LogP contribution >= 0.6 is 11.6 Å². The predicted octanol–water partition coefficient (Wildman–Crippen LogP) is -0.0932. The molecule has 3 N–H and O–H groups in total. The zero-order valence-corrected chi connectivity index (χ0v) is 13.2. The third-order valence-corrected chi connectivity index (χ3v) is 4.20.